The lowest BCUT2D eigenvalue weighted by atomic mass is 10.1. The number of rotatable bonds is 11. The number of likely N-dealkylation sites (N-methyl/N-ethyl adjacent to an activating group) is 1. The van der Waals surface area contributed by atoms with Crippen LogP contribution < -0.4 is 14.8 Å². The van der Waals surface area contributed by atoms with E-state index in [1.54, 1.807) is 23.8 Å². The number of benzene rings is 1. The molecule has 0 saturated carbocycles. The summed E-state index contributed by atoms with van der Waals surface area (Å²) in [5.74, 6) is 1.74. The van der Waals surface area contributed by atoms with Gasteiger partial charge >= 0.3 is 0 Å². The van der Waals surface area contributed by atoms with Crippen LogP contribution in [0.2, 0.25) is 0 Å². The molecule has 0 atom stereocenters. The summed E-state index contributed by atoms with van der Waals surface area (Å²) in [5.41, 5.74) is 3.50. The van der Waals surface area contributed by atoms with Gasteiger partial charge in [-0.05, 0) is 51.1 Å². The fourth-order valence-corrected chi connectivity index (χ4v) is 3.67. The van der Waals surface area contributed by atoms with Crippen molar-refractivity contribution in [1.29, 1.82) is 0 Å². The highest BCUT2D eigenvalue weighted by atomic mass is 16.5. The van der Waals surface area contributed by atoms with E-state index in [4.69, 9.17) is 9.47 Å². The number of methoxy groups -OCH3 is 1. The molecule has 3 aromatic rings. The topological polar surface area (TPSA) is 93.9 Å². The van der Waals surface area contributed by atoms with Crippen molar-refractivity contribution in [2.45, 2.75) is 40.5 Å². The van der Waals surface area contributed by atoms with E-state index in [0.29, 0.717) is 42.4 Å². The smallest absolute Gasteiger partial charge is 0.252 e. The van der Waals surface area contributed by atoms with E-state index in [1.807, 2.05) is 19.9 Å². The molecule has 1 N–H and O–H groups in total. The number of aryl methyl sites for hydroxylation is 2. The van der Waals surface area contributed by atoms with Crippen LogP contribution in [-0.2, 0) is 11.2 Å². The molecule has 0 spiro atoms. The van der Waals surface area contributed by atoms with Gasteiger partial charge in [-0.2, -0.15) is 10.1 Å². The average molecular weight is 441 g/mol. The first kappa shape index (κ1) is 23.5. The number of anilines is 1. The van der Waals surface area contributed by atoms with E-state index in [-0.39, 0.29) is 5.91 Å². The summed E-state index contributed by atoms with van der Waals surface area (Å²) in [6.07, 6.45) is 2.38. The second kappa shape index (κ2) is 10.9. The molecule has 0 unspecified atom stereocenters. The summed E-state index contributed by atoms with van der Waals surface area (Å²) in [6, 6.07) is 5.42. The predicted molar refractivity (Wildman–Crippen MR) is 123 cm³/mol. The van der Waals surface area contributed by atoms with Crippen LogP contribution in [0.15, 0.2) is 24.5 Å². The molecule has 0 radical (unpaired) electrons. The second-order valence-corrected chi connectivity index (χ2v) is 7.52. The van der Waals surface area contributed by atoms with Crippen LogP contribution in [0.1, 0.15) is 37.2 Å². The van der Waals surface area contributed by atoms with Crippen molar-refractivity contribution in [3.8, 4) is 11.5 Å². The summed E-state index contributed by atoms with van der Waals surface area (Å²) in [7, 11) is 1.61. The van der Waals surface area contributed by atoms with Gasteiger partial charge in [0.1, 0.15) is 12.9 Å². The Labute approximate surface area is 188 Å². The number of ether oxygens (including phenoxy) is 2. The van der Waals surface area contributed by atoms with Crippen LogP contribution >= 0.6 is 0 Å². The van der Waals surface area contributed by atoms with Crippen LogP contribution in [0.25, 0.3) is 5.78 Å². The monoisotopic (exact) mass is 440 g/mol. The average Bonchev–Trinajstić information content (AvgIpc) is 3.25. The molecular formula is C23H32N6O3. The zero-order valence-corrected chi connectivity index (χ0v) is 19.5. The van der Waals surface area contributed by atoms with Gasteiger partial charge in [-0.25, -0.2) is 9.50 Å². The highest BCUT2D eigenvalue weighted by Gasteiger charge is 2.14. The molecule has 1 amide bonds. The Morgan fingerprint density at radius 3 is 2.69 bits per heavy atom. The van der Waals surface area contributed by atoms with Crippen LogP contribution in [0.3, 0.4) is 0 Å². The minimum absolute atomic E-state index is 0.0817. The van der Waals surface area contributed by atoms with Crippen LogP contribution in [0.4, 0.5) is 5.69 Å². The Morgan fingerprint density at radius 2 is 1.97 bits per heavy atom. The van der Waals surface area contributed by atoms with Gasteiger partial charge in [0.25, 0.3) is 5.78 Å². The number of nitrogens with one attached hydrogen (secondary N) is 1. The normalized spacial score (nSPS) is 11.2. The van der Waals surface area contributed by atoms with Crippen molar-refractivity contribution in [2.75, 3.05) is 38.7 Å². The Kier molecular flexibility index (Phi) is 7.99. The molecule has 172 valence electrons. The van der Waals surface area contributed by atoms with Gasteiger partial charge in [0.2, 0.25) is 5.91 Å². The Bertz CT molecular complexity index is 1060. The number of hydrogen-bond donors (Lipinski definition) is 1. The van der Waals surface area contributed by atoms with Gasteiger partial charge in [-0.3, -0.25) is 4.79 Å². The molecule has 3 rings (SSSR count). The first-order chi connectivity index (χ1) is 15.5. The van der Waals surface area contributed by atoms with E-state index in [0.717, 1.165) is 36.6 Å². The van der Waals surface area contributed by atoms with Crippen LogP contribution in [0, 0.1) is 13.8 Å². The van der Waals surface area contributed by atoms with E-state index in [9.17, 15) is 4.79 Å². The van der Waals surface area contributed by atoms with E-state index in [1.165, 1.54) is 6.33 Å². The van der Waals surface area contributed by atoms with Gasteiger partial charge in [0.05, 0.1) is 7.11 Å². The zero-order valence-electron chi connectivity index (χ0n) is 19.5. The molecule has 0 bridgehead atoms. The second-order valence-electron chi connectivity index (χ2n) is 7.52. The molecule has 9 nitrogen and oxygen atoms in total. The fourth-order valence-electron chi connectivity index (χ4n) is 3.67. The first-order valence-corrected chi connectivity index (χ1v) is 11.0. The first-order valence-electron chi connectivity index (χ1n) is 11.0. The summed E-state index contributed by atoms with van der Waals surface area (Å²) >= 11 is 0. The lowest BCUT2D eigenvalue weighted by Crippen LogP contribution is -2.28. The number of aromatic nitrogens is 4. The van der Waals surface area contributed by atoms with Crippen molar-refractivity contribution < 1.29 is 14.3 Å². The molecule has 2 heterocycles. The Morgan fingerprint density at radius 1 is 1.19 bits per heavy atom. The highest BCUT2D eigenvalue weighted by molar-refractivity contribution is 5.91. The third-order valence-corrected chi connectivity index (χ3v) is 5.60. The zero-order chi connectivity index (χ0) is 23.1. The molecule has 0 aliphatic heterocycles. The lowest BCUT2D eigenvalue weighted by molar-refractivity contribution is -0.116. The molecule has 0 fully saturated rings. The van der Waals surface area contributed by atoms with Crippen molar-refractivity contribution in [3.63, 3.8) is 0 Å². The molecule has 32 heavy (non-hydrogen) atoms. The molecule has 1 aromatic carbocycles. The van der Waals surface area contributed by atoms with Crippen LogP contribution in [0.5, 0.6) is 11.5 Å². The quantitative estimate of drug-likeness (QED) is 0.490. The third-order valence-electron chi connectivity index (χ3n) is 5.60. The maximum absolute atomic E-state index is 12.6. The minimum Gasteiger partial charge on any atom is -0.493 e. The molecule has 9 heteroatoms. The van der Waals surface area contributed by atoms with Crippen LogP contribution in [-0.4, -0.2) is 63.7 Å². The van der Waals surface area contributed by atoms with Gasteiger partial charge in [-0.15, -0.1) is 0 Å². The molecule has 0 aliphatic carbocycles. The molecule has 0 saturated heterocycles. The standard InChI is InChI=1S/C23H32N6O3/c1-6-28(7-2)12-13-32-21-14-18(8-10-20(21)31-5)27-22(30)11-9-19-16(3)26-23-24-15-25-29(23)17(19)4/h8,10,14-15H,6-7,9,11-13H2,1-5H3,(H,27,30). The minimum atomic E-state index is -0.0817. The van der Waals surface area contributed by atoms with Gasteiger partial charge in [-0.1, -0.05) is 13.8 Å². The summed E-state index contributed by atoms with van der Waals surface area (Å²) in [5, 5.41) is 7.16. The summed E-state index contributed by atoms with van der Waals surface area (Å²) < 4.78 is 13.0. The number of hydrogen-bond acceptors (Lipinski definition) is 7. The largest absolute Gasteiger partial charge is 0.493 e. The van der Waals surface area contributed by atoms with Gasteiger partial charge in [0, 0.05) is 36.1 Å². The third kappa shape index (κ3) is 5.53. The van der Waals surface area contributed by atoms with Gasteiger partial charge in [0.15, 0.2) is 11.5 Å². The fraction of sp³-hybridized carbons (Fsp3) is 0.478. The van der Waals surface area contributed by atoms with Crippen molar-refractivity contribution in [2.24, 2.45) is 0 Å². The number of amides is 1. The van der Waals surface area contributed by atoms with E-state index < -0.39 is 0 Å². The number of carbonyl (C=O) groups excluding carboxylic acids is 1. The van der Waals surface area contributed by atoms with E-state index in [2.05, 4.69) is 39.1 Å². The lowest BCUT2D eigenvalue weighted by Gasteiger charge is -2.19. The SMILES string of the molecule is CCN(CC)CCOc1cc(NC(=O)CCc2c(C)nc3ncnn3c2C)ccc1OC. The highest BCUT2D eigenvalue weighted by Crippen LogP contribution is 2.30. The predicted octanol–water partition coefficient (Wildman–Crippen LogP) is 3.04. The summed E-state index contributed by atoms with van der Waals surface area (Å²) in [6.45, 7) is 11.5. The maximum Gasteiger partial charge on any atom is 0.252 e. The Balaban J connectivity index is 1.62. The van der Waals surface area contributed by atoms with Crippen molar-refractivity contribution in [1.82, 2.24) is 24.5 Å². The summed E-state index contributed by atoms with van der Waals surface area (Å²) in [4.78, 5) is 23.5. The number of carbonyl (C=O) groups is 1. The maximum atomic E-state index is 12.6. The number of nitrogens with zero attached hydrogens (tertiary/aromatic N) is 5. The number of fused-ring (bicyclic) bond motifs is 1. The van der Waals surface area contributed by atoms with Gasteiger partial charge < -0.3 is 19.7 Å². The molecule has 2 aromatic heterocycles. The molecule has 0 aliphatic rings. The van der Waals surface area contributed by atoms with E-state index >= 15 is 0 Å². The van der Waals surface area contributed by atoms with Crippen molar-refractivity contribution >= 4 is 17.4 Å². The molecular weight excluding hydrogens is 408 g/mol. The Hall–Kier alpha value is -3.20. The van der Waals surface area contributed by atoms with Crippen molar-refractivity contribution in [3.05, 3.63) is 41.5 Å².